The van der Waals surface area contributed by atoms with Crippen molar-refractivity contribution in [3.05, 3.63) is 32.6 Å². The van der Waals surface area contributed by atoms with E-state index in [1.165, 1.54) is 6.07 Å². The van der Waals surface area contributed by atoms with Crippen molar-refractivity contribution in [1.82, 2.24) is 0 Å². The molecular weight excluding hydrogens is 270 g/mol. The molecule has 1 nitrogen and oxygen atoms in total. The first-order valence-electron chi connectivity index (χ1n) is 3.53. The van der Waals surface area contributed by atoms with Crippen LogP contribution in [0.5, 0.6) is 0 Å². The summed E-state index contributed by atoms with van der Waals surface area (Å²) < 4.78 is 14.0. The van der Waals surface area contributed by atoms with Crippen LogP contribution in [0.3, 0.4) is 0 Å². The van der Waals surface area contributed by atoms with Crippen LogP contribution >= 0.6 is 22.6 Å². The molecule has 12 heavy (non-hydrogen) atoms. The molecule has 1 rings (SSSR count). The third kappa shape index (κ3) is 2.03. The molecule has 1 aromatic rings. The minimum atomic E-state index is -0.286. The molecule has 0 amide bonds. The van der Waals surface area contributed by atoms with Gasteiger partial charge in [-0.2, -0.15) is 0 Å². The Bertz CT molecular complexity index is 286. The summed E-state index contributed by atoms with van der Waals surface area (Å²) in [6.45, 7) is 1.81. The van der Waals surface area contributed by atoms with E-state index in [4.69, 9.17) is 0 Å². The van der Waals surface area contributed by atoms with Gasteiger partial charge >= 0.3 is 0 Å². The van der Waals surface area contributed by atoms with Gasteiger partial charge in [0.1, 0.15) is 12.1 Å². The Morgan fingerprint density at radius 1 is 1.58 bits per heavy atom. The molecule has 3 heteroatoms. The molecule has 0 saturated heterocycles. The quantitative estimate of drug-likeness (QED) is 0.600. The average Bonchev–Trinajstić information content (AvgIpc) is 1.96. The largest absolute Gasteiger partial charge is 0.303 e. The maximum atomic E-state index is 13.1. The monoisotopic (exact) mass is 278 g/mol. The molecule has 0 aromatic heterocycles. The molecule has 0 heterocycles. The molecule has 64 valence electrons. The lowest BCUT2D eigenvalue weighted by Crippen LogP contribution is -1.96. The molecule has 0 aliphatic carbocycles. The van der Waals surface area contributed by atoms with Crippen LogP contribution in [0, 0.1) is 16.3 Å². The zero-order valence-corrected chi connectivity index (χ0v) is 8.76. The minimum Gasteiger partial charge on any atom is -0.303 e. The molecule has 0 spiro atoms. The summed E-state index contributed by atoms with van der Waals surface area (Å²) in [6, 6.07) is 3.30. The third-order valence-corrected chi connectivity index (χ3v) is 2.29. The average molecular weight is 278 g/mol. The van der Waals surface area contributed by atoms with Gasteiger partial charge < -0.3 is 4.79 Å². The van der Waals surface area contributed by atoms with Crippen LogP contribution < -0.4 is 0 Å². The van der Waals surface area contributed by atoms with Gasteiger partial charge in [-0.15, -0.1) is 0 Å². The number of benzene rings is 1. The smallest absolute Gasteiger partial charge is 0.128 e. The molecule has 0 N–H and O–H groups in total. The molecule has 0 atom stereocenters. The Balaban J connectivity index is 3.18. The summed E-state index contributed by atoms with van der Waals surface area (Å²) in [5, 5.41) is 0. The van der Waals surface area contributed by atoms with Crippen LogP contribution in [0.25, 0.3) is 0 Å². The number of rotatable bonds is 2. The van der Waals surface area contributed by atoms with Crippen LogP contribution in [-0.2, 0) is 11.2 Å². The predicted octanol–water partition coefficient (Wildman–Crippen LogP) is 2.48. The fourth-order valence-corrected chi connectivity index (χ4v) is 1.81. The Morgan fingerprint density at radius 2 is 2.25 bits per heavy atom. The first kappa shape index (κ1) is 9.64. The molecule has 0 radical (unpaired) electrons. The van der Waals surface area contributed by atoms with Crippen molar-refractivity contribution in [3.8, 4) is 0 Å². The van der Waals surface area contributed by atoms with Gasteiger partial charge in [0.25, 0.3) is 0 Å². The number of halogens is 2. The number of aldehydes is 1. The zero-order chi connectivity index (χ0) is 9.14. The van der Waals surface area contributed by atoms with E-state index in [0.717, 1.165) is 15.4 Å². The second-order valence-electron chi connectivity index (χ2n) is 2.55. The van der Waals surface area contributed by atoms with E-state index in [1.807, 2.05) is 35.6 Å². The number of aryl methyl sites for hydroxylation is 1. The summed E-state index contributed by atoms with van der Waals surface area (Å²) in [5.74, 6) is -0.286. The summed E-state index contributed by atoms with van der Waals surface area (Å²) in [7, 11) is 0. The lowest BCUT2D eigenvalue weighted by Gasteiger charge is -2.03. The lowest BCUT2D eigenvalue weighted by atomic mass is 10.1. The maximum Gasteiger partial charge on any atom is 0.128 e. The van der Waals surface area contributed by atoms with Crippen LogP contribution in [0.2, 0.25) is 0 Å². The van der Waals surface area contributed by atoms with Crippen molar-refractivity contribution in [2.45, 2.75) is 13.3 Å². The van der Waals surface area contributed by atoms with Gasteiger partial charge in [-0.05, 0) is 52.8 Å². The highest BCUT2D eigenvalue weighted by Gasteiger charge is 2.05. The topological polar surface area (TPSA) is 17.1 Å². The summed E-state index contributed by atoms with van der Waals surface area (Å²) in [6.07, 6.45) is 0.882. The van der Waals surface area contributed by atoms with Gasteiger partial charge in [-0.25, -0.2) is 4.39 Å². The Morgan fingerprint density at radius 3 is 2.75 bits per heavy atom. The zero-order valence-electron chi connectivity index (χ0n) is 6.60. The predicted molar refractivity (Wildman–Crippen MR) is 53.6 cm³/mol. The highest BCUT2D eigenvalue weighted by molar-refractivity contribution is 14.1. The molecule has 0 aliphatic heterocycles. The van der Waals surface area contributed by atoms with Crippen LogP contribution in [0.4, 0.5) is 4.39 Å². The lowest BCUT2D eigenvalue weighted by molar-refractivity contribution is -0.107. The molecule has 0 saturated carbocycles. The van der Waals surface area contributed by atoms with Crippen molar-refractivity contribution in [1.29, 1.82) is 0 Å². The van der Waals surface area contributed by atoms with Crippen molar-refractivity contribution < 1.29 is 9.18 Å². The molecule has 1 aromatic carbocycles. The van der Waals surface area contributed by atoms with Gasteiger partial charge in [-0.3, -0.25) is 0 Å². The number of hydrogen-bond donors (Lipinski definition) is 0. The van der Waals surface area contributed by atoms with E-state index in [2.05, 4.69) is 0 Å². The van der Waals surface area contributed by atoms with Crippen molar-refractivity contribution >= 4 is 28.9 Å². The number of carbonyl (C=O) groups is 1. The van der Waals surface area contributed by atoms with Crippen molar-refractivity contribution in [3.63, 3.8) is 0 Å². The standard InChI is InChI=1S/C9H8FIO/c1-6-4-7(11)5-9(10)8(6)2-3-12/h3-5H,2H2,1H3. The van der Waals surface area contributed by atoms with Crippen molar-refractivity contribution in [2.24, 2.45) is 0 Å². The van der Waals surface area contributed by atoms with Crippen LogP contribution in [0.15, 0.2) is 12.1 Å². The Hall–Kier alpha value is -0.450. The van der Waals surface area contributed by atoms with Gasteiger partial charge in [-0.1, -0.05) is 0 Å². The van der Waals surface area contributed by atoms with Crippen LogP contribution in [0.1, 0.15) is 11.1 Å². The van der Waals surface area contributed by atoms with E-state index in [9.17, 15) is 9.18 Å². The number of carbonyl (C=O) groups excluding carboxylic acids is 1. The van der Waals surface area contributed by atoms with E-state index in [-0.39, 0.29) is 12.2 Å². The summed E-state index contributed by atoms with van der Waals surface area (Å²) in [4.78, 5) is 10.2. The fourth-order valence-electron chi connectivity index (χ4n) is 1.07. The molecular formula is C9H8FIO. The second-order valence-corrected chi connectivity index (χ2v) is 3.80. The molecule has 0 aliphatic rings. The fraction of sp³-hybridized carbons (Fsp3) is 0.222. The molecule has 0 bridgehead atoms. The highest BCUT2D eigenvalue weighted by atomic mass is 127. The number of hydrogen-bond acceptors (Lipinski definition) is 1. The first-order chi connectivity index (χ1) is 5.65. The molecule has 0 fully saturated rings. The SMILES string of the molecule is Cc1cc(I)cc(F)c1CC=O. The van der Waals surface area contributed by atoms with Gasteiger partial charge in [0.05, 0.1) is 0 Å². The summed E-state index contributed by atoms with van der Waals surface area (Å²) in [5.41, 5.74) is 1.34. The molecule has 0 unspecified atom stereocenters. The third-order valence-electron chi connectivity index (χ3n) is 1.67. The summed E-state index contributed by atoms with van der Waals surface area (Å²) >= 11 is 2.05. The van der Waals surface area contributed by atoms with Gasteiger partial charge in [0, 0.05) is 9.99 Å². The maximum absolute atomic E-state index is 13.1. The van der Waals surface area contributed by atoms with Crippen LogP contribution in [-0.4, -0.2) is 6.29 Å². The minimum absolute atomic E-state index is 0.161. The van der Waals surface area contributed by atoms with Gasteiger partial charge in [0.2, 0.25) is 0 Å². The first-order valence-corrected chi connectivity index (χ1v) is 4.61. The second kappa shape index (κ2) is 3.98. The normalized spacial score (nSPS) is 9.92. The Labute approximate surface area is 84.1 Å². The van der Waals surface area contributed by atoms with E-state index in [0.29, 0.717) is 5.56 Å². The van der Waals surface area contributed by atoms with Gasteiger partial charge in [0.15, 0.2) is 0 Å². The van der Waals surface area contributed by atoms with E-state index in [1.54, 1.807) is 0 Å². The van der Waals surface area contributed by atoms with E-state index < -0.39 is 0 Å². The van der Waals surface area contributed by atoms with E-state index >= 15 is 0 Å². The van der Waals surface area contributed by atoms with Crippen molar-refractivity contribution in [2.75, 3.05) is 0 Å². The Kier molecular flexibility index (Phi) is 3.20. The highest BCUT2D eigenvalue weighted by Crippen LogP contribution is 2.17.